The summed E-state index contributed by atoms with van der Waals surface area (Å²) < 4.78 is 0. The third-order valence-corrected chi connectivity index (χ3v) is 13.5. The number of aryl methyl sites for hydroxylation is 2. The van der Waals surface area contributed by atoms with Gasteiger partial charge in [0.2, 0.25) is 0 Å². The second-order valence-electron chi connectivity index (χ2n) is 13.2. The molecule has 0 aliphatic carbocycles. The molecule has 6 heteroatoms. The van der Waals surface area contributed by atoms with Gasteiger partial charge in [-0.1, -0.05) is 148 Å². The van der Waals surface area contributed by atoms with E-state index in [-0.39, 0.29) is 0 Å². The van der Waals surface area contributed by atoms with Gasteiger partial charge in [0.1, 0.15) is 0 Å². The summed E-state index contributed by atoms with van der Waals surface area (Å²) in [4.78, 5) is 15.8. The zero-order valence-corrected chi connectivity index (χ0v) is 32.2. The highest BCUT2D eigenvalue weighted by molar-refractivity contribution is 7.28. The lowest BCUT2D eigenvalue weighted by Gasteiger charge is -2.03. The Morgan fingerprint density at radius 2 is 1.02 bits per heavy atom. The lowest BCUT2D eigenvalue weighted by atomic mass is 10.0. The van der Waals surface area contributed by atoms with Crippen molar-refractivity contribution in [1.29, 1.82) is 0 Å². The predicted molar refractivity (Wildman–Crippen MR) is 210 cm³/mol. The lowest BCUT2D eigenvalue weighted by molar-refractivity contribution is 0.549. The first-order valence-electron chi connectivity index (χ1n) is 18.9. The second-order valence-corrected chi connectivity index (χ2v) is 17.0. The Kier molecular flexibility index (Phi) is 18.8. The van der Waals surface area contributed by atoms with Gasteiger partial charge in [0.15, 0.2) is 10.0 Å². The maximum absolute atomic E-state index is 5.26. The molecule has 0 radical (unpaired) electrons. The molecule has 254 valence electrons. The minimum atomic E-state index is 1.08. The predicted octanol–water partition coefficient (Wildman–Crippen LogP) is 15.4. The average molecular weight is 697 g/mol. The van der Waals surface area contributed by atoms with Gasteiger partial charge in [0.25, 0.3) is 0 Å². The Morgan fingerprint density at radius 1 is 0.478 bits per heavy atom. The van der Waals surface area contributed by atoms with Crippen LogP contribution in [0.15, 0.2) is 35.0 Å². The van der Waals surface area contributed by atoms with Crippen molar-refractivity contribution in [1.82, 2.24) is 9.97 Å². The Labute approximate surface area is 297 Å². The minimum absolute atomic E-state index is 1.08. The van der Waals surface area contributed by atoms with E-state index < -0.39 is 0 Å². The van der Waals surface area contributed by atoms with Gasteiger partial charge in [-0.15, -0.1) is 45.3 Å². The van der Waals surface area contributed by atoms with Crippen molar-refractivity contribution in [3.63, 3.8) is 0 Å². The number of thiophene rings is 2. The number of nitrogens with zero attached hydrogens (tertiary/aromatic N) is 2. The van der Waals surface area contributed by atoms with E-state index in [0.717, 1.165) is 22.9 Å². The molecule has 4 aromatic rings. The van der Waals surface area contributed by atoms with E-state index in [1.807, 2.05) is 34.0 Å². The minimum Gasteiger partial charge on any atom is -0.239 e. The fourth-order valence-electron chi connectivity index (χ4n) is 6.26. The number of thiazole rings is 2. The monoisotopic (exact) mass is 696 g/mol. The van der Waals surface area contributed by atoms with Crippen molar-refractivity contribution in [3.05, 3.63) is 46.4 Å². The average Bonchev–Trinajstić information content (AvgIpc) is 3.89. The number of unbranched alkanes of at least 4 members (excludes halogenated alkanes) is 20. The fraction of sp³-hybridized carbons (Fsp3) is 0.650. The third-order valence-electron chi connectivity index (χ3n) is 9.08. The second kappa shape index (κ2) is 23.1. The smallest absolute Gasteiger partial charge is 0.153 e. The summed E-state index contributed by atoms with van der Waals surface area (Å²) in [7, 11) is 0. The van der Waals surface area contributed by atoms with Gasteiger partial charge in [0.05, 0.1) is 16.3 Å². The first-order valence-corrected chi connectivity index (χ1v) is 22.3. The van der Waals surface area contributed by atoms with E-state index in [1.165, 1.54) is 172 Å². The Balaban J connectivity index is 1.25. The molecule has 0 amide bonds. The molecule has 4 heterocycles. The maximum Gasteiger partial charge on any atom is 0.153 e. The molecular weight excluding hydrogens is 637 g/mol. The highest BCUT2D eigenvalue weighted by Gasteiger charge is 2.18. The first kappa shape index (κ1) is 37.5. The van der Waals surface area contributed by atoms with Gasteiger partial charge in [-0.25, -0.2) is 9.97 Å². The van der Waals surface area contributed by atoms with E-state index in [0.29, 0.717) is 0 Å². The molecule has 0 aliphatic rings. The molecule has 46 heavy (non-hydrogen) atoms. The summed E-state index contributed by atoms with van der Waals surface area (Å²) in [5.74, 6) is 0. The molecule has 0 bridgehead atoms. The van der Waals surface area contributed by atoms with Gasteiger partial charge in [-0.3, -0.25) is 0 Å². The highest BCUT2D eigenvalue weighted by Crippen LogP contribution is 2.43. The quantitative estimate of drug-likeness (QED) is 0.0580. The van der Waals surface area contributed by atoms with E-state index in [2.05, 4.69) is 48.9 Å². The zero-order valence-electron chi connectivity index (χ0n) is 29.0. The standard InChI is InChI=1S/C40H60N2S4/c1-3-5-7-9-11-13-15-17-19-21-23-26-33-32-44-39(41-33)40-42-34(27-24-22-20-18-16-14-12-10-8-6-4-2)38(46-40)37-30-29-36(45-37)35-28-25-31-43-35/h25,28-32H,3-24,26-27H2,1-2H3. The summed E-state index contributed by atoms with van der Waals surface area (Å²) in [6.07, 6.45) is 32.6. The van der Waals surface area contributed by atoms with Crippen LogP contribution in [0.25, 0.3) is 29.5 Å². The summed E-state index contributed by atoms with van der Waals surface area (Å²) in [6.45, 7) is 4.60. The fourth-order valence-corrected chi connectivity index (χ4v) is 10.2. The van der Waals surface area contributed by atoms with E-state index in [4.69, 9.17) is 9.97 Å². The Hall–Kier alpha value is -1.34. The molecular formula is C40H60N2S4. The van der Waals surface area contributed by atoms with Crippen molar-refractivity contribution in [2.45, 2.75) is 168 Å². The summed E-state index contributed by atoms with van der Waals surface area (Å²) >= 11 is 7.41. The van der Waals surface area contributed by atoms with Gasteiger partial charge < -0.3 is 0 Å². The normalized spacial score (nSPS) is 11.6. The molecule has 2 nitrogen and oxygen atoms in total. The molecule has 4 rings (SSSR count). The van der Waals surface area contributed by atoms with E-state index >= 15 is 0 Å². The molecule has 0 unspecified atom stereocenters. The van der Waals surface area contributed by atoms with Gasteiger partial charge in [-0.2, -0.15) is 0 Å². The van der Waals surface area contributed by atoms with Crippen LogP contribution < -0.4 is 0 Å². The van der Waals surface area contributed by atoms with Crippen LogP contribution >= 0.6 is 45.3 Å². The summed E-state index contributed by atoms with van der Waals surface area (Å²) in [6, 6.07) is 9.00. The number of aromatic nitrogens is 2. The summed E-state index contributed by atoms with van der Waals surface area (Å²) in [5, 5.41) is 6.70. The number of hydrogen-bond donors (Lipinski definition) is 0. The van der Waals surface area contributed by atoms with Crippen LogP contribution in [0.4, 0.5) is 0 Å². The number of hydrogen-bond acceptors (Lipinski definition) is 6. The molecule has 0 aromatic carbocycles. The van der Waals surface area contributed by atoms with Crippen molar-refractivity contribution < 1.29 is 0 Å². The number of rotatable bonds is 27. The summed E-state index contributed by atoms with van der Waals surface area (Å²) in [5.41, 5.74) is 2.55. The molecule has 0 saturated carbocycles. The van der Waals surface area contributed by atoms with Crippen LogP contribution in [0, 0.1) is 0 Å². The largest absolute Gasteiger partial charge is 0.239 e. The Morgan fingerprint density at radius 3 is 1.59 bits per heavy atom. The van der Waals surface area contributed by atoms with Crippen LogP contribution in [0.5, 0.6) is 0 Å². The van der Waals surface area contributed by atoms with Crippen LogP contribution in [-0.4, -0.2) is 9.97 Å². The SMILES string of the molecule is CCCCCCCCCCCCCc1csc(-c2nc(CCCCCCCCCCCCC)c(-c3ccc(-c4cccs4)s3)s2)n1. The molecule has 0 N–H and O–H groups in total. The molecule has 0 spiro atoms. The van der Waals surface area contributed by atoms with E-state index in [9.17, 15) is 0 Å². The zero-order chi connectivity index (χ0) is 32.1. The topological polar surface area (TPSA) is 25.8 Å². The molecule has 4 aromatic heterocycles. The lowest BCUT2D eigenvalue weighted by Crippen LogP contribution is -1.90. The molecule has 0 aliphatic heterocycles. The van der Waals surface area contributed by atoms with Crippen LogP contribution in [0.1, 0.15) is 166 Å². The highest BCUT2D eigenvalue weighted by atomic mass is 32.1. The molecule has 0 atom stereocenters. The maximum atomic E-state index is 5.26. The van der Waals surface area contributed by atoms with Gasteiger partial charge >= 0.3 is 0 Å². The Bertz CT molecular complexity index is 1300. The van der Waals surface area contributed by atoms with Crippen LogP contribution in [0.3, 0.4) is 0 Å². The third kappa shape index (κ3) is 13.6. The molecule has 0 saturated heterocycles. The van der Waals surface area contributed by atoms with Crippen molar-refractivity contribution >= 4 is 45.3 Å². The van der Waals surface area contributed by atoms with Crippen molar-refractivity contribution in [2.75, 3.05) is 0 Å². The first-order chi connectivity index (χ1) is 22.8. The van der Waals surface area contributed by atoms with Gasteiger partial charge in [-0.05, 0) is 49.3 Å². The van der Waals surface area contributed by atoms with E-state index in [1.54, 1.807) is 11.3 Å². The van der Waals surface area contributed by atoms with Crippen LogP contribution in [-0.2, 0) is 12.8 Å². The van der Waals surface area contributed by atoms with Crippen molar-refractivity contribution in [2.24, 2.45) is 0 Å². The van der Waals surface area contributed by atoms with Crippen molar-refractivity contribution in [3.8, 4) is 29.5 Å². The van der Waals surface area contributed by atoms with Gasteiger partial charge in [0, 0.05) is 20.0 Å². The van der Waals surface area contributed by atoms with Crippen LogP contribution in [0.2, 0.25) is 0 Å². The molecule has 0 fully saturated rings.